The van der Waals surface area contributed by atoms with E-state index in [2.05, 4.69) is 6.07 Å². The summed E-state index contributed by atoms with van der Waals surface area (Å²) in [5, 5.41) is 21.6. The Morgan fingerprint density at radius 3 is 2.24 bits per heavy atom. The van der Waals surface area contributed by atoms with Crippen molar-refractivity contribution < 1.29 is 19.2 Å². The van der Waals surface area contributed by atoms with E-state index in [0.717, 1.165) is 30.4 Å². The van der Waals surface area contributed by atoms with Crippen LogP contribution >= 0.6 is 0 Å². The molecule has 2 fully saturated rings. The number of carbonyl (C=O) groups excluding carboxylic acids is 2. The van der Waals surface area contributed by atoms with Crippen molar-refractivity contribution in [2.45, 2.75) is 44.1 Å². The SMILES string of the molecule is N#CC1(c2ccccc2)CCN(C(=O)c2cc(C(=O)N3CCCCC3)c3cc(OCc4ccc([N+](=O)[O-])cc4)ccc3n2)CC1. The molecular formula is C35H33N5O5. The molecule has 10 heteroatoms. The molecule has 4 aromatic rings. The number of nitro groups is 1. The molecule has 3 aromatic carbocycles. The molecule has 228 valence electrons. The Labute approximate surface area is 261 Å². The minimum Gasteiger partial charge on any atom is -0.489 e. The quantitative estimate of drug-likeness (QED) is 0.186. The fourth-order valence-electron chi connectivity index (χ4n) is 6.20. The number of aromatic nitrogens is 1. The molecular weight excluding hydrogens is 570 g/mol. The highest BCUT2D eigenvalue weighted by atomic mass is 16.6. The van der Waals surface area contributed by atoms with E-state index in [0.29, 0.717) is 61.2 Å². The van der Waals surface area contributed by atoms with E-state index < -0.39 is 10.3 Å². The first-order valence-electron chi connectivity index (χ1n) is 15.2. The third-order valence-electron chi connectivity index (χ3n) is 8.87. The third kappa shape index (κ3) is 6.20. The summed E-state index contributed by atoms with van der Waals surface area (Å²) in [6, 6.07) is 25.2. The maximum absolute atomic E-state index is 13.9. The van der Waals surface area contributed by atoms with Gasteiger partial charge in [-0.2, -0.15) is 5.26 Å². The van der Waals surface area contributed by atoms with Crippen molar-refractivity contribution in [1.82, 2.24) is 14.8 Å². The van der Waals surface area contributed by atoms with Crippen LogP contribution in [0.25, 0.3) is 10.9 Å². The second-order valence-electron chi connectivity index (χ2n) is 11.7. The molecule has 2 amide bonds. The molecule has 2 aliphatic heterocycles. The van der Waals surface area contributed by atoms with E-state index in [1.807, 2.05) is 35.2 Å². The second kappa shape index (κ2) is 12.7. The maximum Gasteiger partial charge on any atom is 0.272 e. The lowest BCUT2D eigenvalue weighted by atomic mass is 9.74. The summed E-state index contributed by atoms with van der Waals surface area (Å²) < 4.78 is 6.00. The number of rotatable bonds is 7. The molecule has 3 heterocycles. The number of piperidine rings is 2. The van der Waals surface area contributed by atoms with Gasteiger partial charge in [0.1, 0.15) is 18.1 Å². The van der Waals surface area contributed by atoms with Crippen LogP contribution in [0.1, 0.15) is 64.1 Å². The zero-order valence-electron chi connectivity index (χ0n) is 24.9. The zero-order valence-corrected chi connectivity index (χ0v) is 24.9. The van der Waals surface area contributed by atoms with Gasteiger partial charge < -0.3 is 14.5 Å². The lowest BCUT2D eigenvalue weighted by Crippen LogP contribution is -2.45. The fourth-order valence-corrected chi connectivity index (χ4v) is 6.20. The molecule has 0 N–H and O–H groups in total. The number of amides is 2. The lowest BCUT2D eigenvalue weighted by molar-refractivity contribution is -0.384. The summed E-state index contributed by atoms with van der Waals surface area (Å²) in [4.78, 5) is 46.4. The van der Waals surface area contributed by atoms with Gasteiger partial charge in [-0.05, 0) is 79.6 Å². The minimum absolute atomic E-state index is 0.00637. The van der Waals surface area contributed by atoms with Gasteiger partial charge in [-0.1, -0.05) is 30.3 Å². The molecule has 0 saturated carbocycles. The molecule has 0 spiro atoms. The Hall–Kier alpha value is -5.30. The molecule has 0 bridgehead atoms. The number of non-ortho nitro benzene ring substituents is 1. The van der Waals surface area contributed by atoms with Crippen LogP contribution < -0.4 is 4.74 Å². The van der Waals surface area contributed by atoms with Gasteiger partial charge in [-0.15, -0.1) is 0 Å². The van der Waals surface area contributed by atoms with Crippen molar-refractivity contribution in [3.8, 4) is 11.8 Å². The number of hydrogen-bond acceptors (Lipinski definition) is 7. The molecule has 45 heavy (non-hydrogen) atoms. The van der Waals surface area contributed by atoms with Crippen LogP contribution in [0.4, 0.5) is 5.69 Å². The molecule has 0 radical (unpaired) electrons. The first-order valence-corrected chi connectivity index (χ1v) is 15.2. The molecule has 6 rings (SSSR count). The van der Waals surface area contributed by atoms with Gasteiger partial charge in [-0.25, -0.2) is 4.98 Å². The van der Waals surface area contributed by atoms with Crippen LogP contribution in [-0.2, 0) is 12.0 Å². The number of carbonyl (C=O) groups is 2. The van der Waals surface area contributed by atoms with Crippen LogP contribution in [0.5, 0.6) is 5.75 Å². The van der Waals surface area contributed by atoms with Gasteiger partial charge in [-0.3, -0.25) is 19.7 Å². The molecule has 0 aliphatic carbocycles. The van der Waals surface area contributed by atoms with Gasteiger partial charge in [0.05, 0.1) is 27.5 Å². The Bertz CT molecular complexity index is 1770. The van der Waals surface area contributed by atoms with Crippen LogP contribution in [-0.4, -0.2) is 57.7 Å². The predicted octanol–water partition coefficient (Wildman–Crippen LogP) is 6.05. The number of nitro benzene ring substituents is 1. The Kier molecular flexibility index (Phi) is 8.43. The summed E-state index contributed by atoms with van der Waals surface area (Å²) in [5.41, 5.74) is 2.20. The number of nitriles is 1. The third-order valence-corrected chi connectivity index (χ3v) is 8.87. The van der Waals surface area contributed by atoms with Crippen molar-refractivity contribution in [3.05, 3.63) is 111 Å². The predicted molar refractivity (Wildman–Crippen MR) is 168 cm³/mol. The fraction of sp³-hybridized carbons (Fsp3) is 0.314. The summed E-state index contributed by atoms with van der Waals surface area (Å²) >= 11 is 0. The maximum atomic E-state index is 13.9. The number of ether oxygens (including phenoxy) is 1. The monoisotopic (exact) mass is 603 g/mol. The Morgan fingerprint density at radius 2 is 1.58 bits per heavy atom. The Balaban J connectivity index is 1.27. The average molecular weight is 604 g/mol. The molecule has 0 unspecified atom stereocenters. The van der Waals surface area contributed by atoms with Crippen molar-refractivity contribution >= 4 is 28.4 Å². The van der Waals surface area contributed by atoms with E-state index in [1.165, 1.54) is 12.1 Å². The number of benzene rings is 3. The minimum atomic E-state index is -0.644. The first-order chi connectivity index (χ1) is 21.9. The largest absolute Gasteiger partial charge is 0.489 e. The van der Waals surface area contributed by atoms with Gasteiger partial charge in [0, 0.05) is 43.7 Å². The van der Waals surface area contributed by atoms with Gasteiger partial charge in [0.15, 0.2) is 0 Å². The van der Waals surface area contributed by atoms with Crippen molar-refractivity contribution in [3.63, 3.8) is 0 Å². The Morgan fingerprint density at radius 1 is 0.889 bits per heavy atom. The van der Waals surface area contributed by atoms with Crippen molar-refractivity contribution in [2.24, 2.45) is 0 Å². The van der Waals surface area contributed by atoms with Crippen LogP contribution in [0.2, 0.25) is 0 Å². The summed E-state index contributed by atoms with van der Waals surface area (Å²) in [6.45, 7) is 2.32. The van der Waals surface area contributed by atoms with Crippen molar-refractivity contribution in [1.29, 1.82) is 5.26 Å². The number of fused-ring (bicyclic) bond motifs is 1. The smallest absolute Gasteiger partial charge is 0.272 e. The van der Waals surface area contributed by atoms with Crippen molar-refractivity contribution in [2.75, 3.05) is 26.2 Å². The van der Waals surface area contributed by atoms with E-state index in [4.69, 9.17) is 9.72 Å². The van der Waals surface area contributed by atoms with Crippen LogP contribution in [0.3, 0.4) is 0 Å². The number of likely N-dealkylation sites (tertiary alicyclic amines) is 2. The summed E-state index contributed by atoms with van der Waals surface area (Å²) in [7, 11) is 0. The summed E-state index contributed by atoms with van der Waals surface area (Å²) in [6.07, 6.45) is 3.97. The number of hydrogen-bond donors (Lipinski definition) is 0. The highest BCUT2D eigenvalue weighted by molar-refractivity contribution is 6.09. The van der Waals surface area contributed by atoms with E-state index in [1.54, 1.807) is 41.3 Å². The average Bonchev–Trinajstić information content (AvgIpc) is 3.10. The lowest BCUT2D eigenvalue weighted by Gasteiger charge is -2.37. The molecule has 2 saturated heterocycles. The topological polar surface area (TPSA) is 130 Å². The van der Waals surface area contributed by atoms with E-state index in [9.17, 15) is 25.0 Å². The highest BCUT2D eigenvalue weighted by Crippen LogP contribution is 2.35. The first kappa shape index (κ1) is 29.8. The van der Waals surface area contributed by atoms with E-state index >= 15 is 0 Å². The summed E-state index contributed by atoms with van der Waals surface area (Å²) in [5.74, 6) is 0.108. The highest BCUT2D eigenvalue weighted by Gasteiger charge is 2.38. The molecule has 2 aliphatic rings. The van der Waals surface area contributed by atoms with Gasteiger partial charge in [0.25, 0.3) is 17.5 Å². The normalized spacial score (nSPS) is 16.2. The van der Waals surface area contributed by atoms with E-state index in [-0.39, 0.29) is 29.8 Å². The molecule has 1 aromatic heterocycles. The number of nitrogens with zero attached hydrogens (tertiary/aromatic N) is 5. The molecule has 0 atom stereocenters. The van der Waals surface area contributed by atoms with Gasteiger partial charge >= 0.3 is 0 Å². The second-order valence-corrected chi connectivity index (χ2v) is 11.7. The van der Waals surface area contributed by atoms with Crippen LogP contribution in [0.15, 0.2) is 78.9 Å². The zero-order chi connectivity index (χ0) is 31.4. The van der Waals surface area contributed by atoms with Crippen LogP contribution in [0, 0.1) is 21.4 Å². The number of pyridine rings is 1. The molecule has 10 nitrogen and oxygen atoms in total. The van der Waals surface area contributed by atoms with Gasteiger partial charge in [0.2, 0.25) is 0 Å². The standard InChI is InChI=1S/C35H33N5O5/c36-24-35(26-7-3-1-4-8-26)15-19-39(20-16-35)34(42)32-22-30(33(41)38-17-5-2-6-18-38)29-21-28(13-14-31(29)37-32)45-23-25-9-11-27(12-10-25)40(43)44/h1,3-4,7-14,21-22H,2,5-6,15-20,23H2.